The second-order valence-electron chi connectivity index (χ2n) is 7.96. The van der Waals surface area contributed by atoms with Crippen LogP contribution in [0.1, 0.15) is 13.8 Å². The van der Waals surface area contributed by atoms with Crippen molar-refractivity contribution in [1.82, 2.24) is 19.2 Å². The summed E-state index contributed by atoms with van der Waals surface area (Å²) in [6.45, 7) is 4.32. The van der Waals surface area contributed by atoms with E-state index in [0.717, 1.165) is 0 Å². The van der Waals surface area contributed by atoms with Crippen molar-refractivity contribution in [3.05, 3.63) is 58.6 Å². The van der Waals surface area contributed by atoms with Gasteiger partial charge in [0, 0.05) is 25.2 Å². The first-order chi connectivity index (χ1) is 15.7. The van der Waals surface area contributed by atoms with E-state index >= 15 is 0 Å². The molecular weight excluding hydrogens is 466 g/mol. The zero-order chi connectivity index (χ0) is 23.8. The first-order valence-corrected chi connectivity index (χ1v) is 12.7. The average molecular weight is 490 g/mol. The van der Waals surface area contributed by atoms with E-state index in [-0.39, 0.29) is 34.7 Å². The topological polar surface area (TPSA) is 130 Å². The normalized spacial score (nSPS) is 17.2. The van der Waals surface area contributed by atoms with E-state index in [9.17, 15) is 23.3 Å². The molecule has 1 aromatic heterocycles. The number of benzene rings is 2. The van der Waals surface area contributed by atoms with Crippen molar-refractivity contribution in [2.24, 2.45) is 5.92 Å². The Balaban J connectivity index is 1.49. The van der Waals surface area contributed by atoms with Gasteiger partial charge in [0.1, 0.15) is 6.17 Å². The van der Waals surface area contributed by atoms with Crippen molar-refractivity contribution >= 4 is 44.4 Å². The van der Waals surface area contributed by atoms with Gasteiger partial charge >= 0.3 is 0 Å². The molecule has 0 saturated carbocycles. The number of nitrogens with one attached hydrogen (secondary N) is 1. The third-order valence-electron chi connectivity index (χ3n) is 5.43. The number of hydrogen-bond acceptors (Lipinski definition) is 7. The molecule has 2 heterocycles. The highest BCUT2D eigenvalue weighted by molar-refractivity contribution is 7.99. The number of H-pyrrole nitrogens is 1. The number of nitro groups is 1. The number of imidazole rings is 1. The van der Waals surface area contributed by atoms with Crippen LogP contribution in [0.2, 0.25) is 0 Å². The molecule has 33 heavy (non-hydrogen) atoms. The molecule has 0 spiro atoms. The number of aromatic amines is 1. The van der Waals surface area contributed by atoms with Gasteiger partial charge in [0.25, 0.3) is 5.69 Å². The number of hydrogen-bond donors (Lipinski definition) is 1. The van der Waals surface area contributed by atoms with E-state index < -0.39 is 21.1 Å². The Hall–Kier alpha value is -2.96. The van der Waals surface area contributed by atoms with Crippen LogP contribution >= 0.6 is 11.8 Å². The maximum Gasteiger partial charge on any atom is 0.271 e. The summed E-state index contributed by atoms with van der Waals surface area (Å²) < 4.78 is 27.8. The van der Waals surface area contributed by atoms with E-state index in [1.165, 1.54) is 28.2 Å². The van der Waals surface area contributed by atoms with Crippen LogP contribution in [0.3, 0.4) is 0 Å². The van der Waals surface area contributed by atoms with Crippen molar-refractivity contribution in [2.75, 3.05) is 18.8 Å². The Morgan fingerprint density at radius 3 is 2.64 bits per heavy atom. The number of amides is 1. The van der Waals surface area contributed by atoms with Crippen LogP contribution in [-0.4, -0.2) is 63.4 Å². The number of carbonyl (C=O) groups excluding carboxylic acids is 1. The van der Waals surface area contributed by atoms with E-state index in [4.69, 9.17) is 0 Å². The Labute approximate surface area is 195 Å². The average Bonchev–Trinajstić information content (AvgIpc) is 3.42. The van der Waals surface area contributed by atoms with Gasteiger partial charge in [-0.1, -0.05) is 43.8 Å². The van der Waals surface area contributed by atoms with Crippen LogP contribution < -0.4 is 0 Å². The third kappa shape index (κ3) is 4.59. The van der Waals surface area contributed by atoms with Gasteiger partial charge in [-0.25, -0.2) is 13.4 Å². The Morgan fingerprint density at radius 1 is 1.24 bits per heavy atom. The largest absolute Gasteiger partial charge is 0.333 e. The molecule has 3 aromatic rings. The molecule has 1 aliphatic rings. The second-order valence-corrected chi connectivity index (χ2v) is 10.8. The van der Waals surface area contributed by atoms with Crippen LogP contribution in [0.4, 0.5) is 5.69 Å². The number of aromatic nitrogens is 2. The molecule has 1 fully saturated rings. The highest BCUT2D eigenvalue weighted by Gasteiger charge is 2.43. The van der Waals surface area contributed by atoms with Crippen molar-refractivity contribution in [2.45, 2.75) is 30.1 Å². The molecule has 12 heteroatoms. The van der Waals surface area contributed by atoms with Gasteiger partial charge in [0.15, 0.2) is 5.16 Å². The predicted octanol–water partition coefficient (Wildman–Crippen LogP) is 3.08. The molecule has 1 aliphatic heterocycles. The van der Waals surface area contributed by atoms with Gasteiger partial charge in [0.05, 0.1) is 26.6 Å². The zero-order valence-electron chi connectivity index (χ0n) is 18.0. The maximum atomic E-state index is 13.2. The summed E-state index contributed by atoms with van der Waals surface area (Å²) >= 11 is 1.18. The van der Waals surface area contributed by atoms with Gasteiger partial charge in [-0.05, 0) is 24.1 Å². The number of carbonyl (C=O) groups is 1. The van der Waals surface area contributed by atoms with Crippen LogP contribution in [0, 0.1) is 16.0 Å². The van der Waals surface area contributed by atoms with Gasteiger partial charge in [-0.2, -0.15) is 4.31 Å². The fourth-order valence-electron chi connectivity index (χ4n) is 3.95. The fraction of sp³-hybridized carbons (Fsp3) is 0.333. The van der Waals surface area contributed by atoms with Gasteiger partial charge < -0.3 is 9.88 Å². The second kappa shape index (κ2) is 9.12. The van der Waals surface area contributed by atoms with E-state index in [2.05, 4.69) is 9.97 Å². The molecule has 2 aromatic carbocycles. The minimum absolute atomic E-state index is 0.0460. The number of sulfonamides is 1. The SMILES string of the molecule is CC(C)C1N(C(=O)CSc2nc3ccc([N+](=O)[O-])cc3[nH]2)CCN1S(=O)(=O)c1ccccc1. The number of rotatable bonds is 7. The lowest BCUT2D eigenvalue weighted by molar-refractivity contribution is -0.384. The first-order valence-electron chi connectivity index (χ1n) is 10.3. The van der Waals surface area contributed by atoms with Gasteiger partial charge in [0.2, 0.25) is 15.9 Å². The summed E-state index contributed by atoms with van der Waals surface area (Å²) in [5.74, 6) is -0.243. The zero-order valence-corrected chi connectivity index (χ0v) is 19.7. The first kappa shape index (κ1) is 23.2. The number of non-ortho nitro benzene ring substituents is 1. The number of nitro benzene ring substituents is 1. The van der Waals surface area contributed by atoms with Crippen LogP contribution in [0.25, 0.3) is 11.0 Å². The summed E-state index contributed by atoms with van der Waals surface area (Å²) in [7, 11) is -3.74. The summed E-state index contributed by atoms with van der Waals surface area (Å²) in [6.07, 6.45) is -0.582. The molecule has 0 radical (unpaired) electrons. The van der Waals surface area contributed by atoms with Crippen LogP contribution in [-0.2, 0) is 14.8 Å². The molecule has 1 saturated heterocycles. The minimum atomic E-state index is -3.74. The highest BCUT2D eigenvalue weighted by Crippen LogP contribution is 2.30. The number of fused-ring (bicyclic) bond motifs is 1. The molecule has 1 unspecified atom stereocenters. The molecule has 174 valence electrons. The van der Waals surface area contributed by atoms with Crippen LogP contribution in [0.15, 0.2) is 58.6 Å². The molecular formula is C21H23N5O5S2. The molecule has 4 rings (SSSR count). The summed E-state index contributed by atoms with van der Waals surface area (Å²) in [4.78, 5) is 32.7. The van der Waals surface area contributed by atoms with Crippen molar-refractivity contribution in [1.29, 1.82) is 0 Å². The lowest BCUT2D eigenvalue weighted by Gasteiger charge is -2.32. The smallest absolute Gasteiger partial charge is 0.271 e. The summed E-state index contributed by atoms with van der Waals surface area (Å²) in [5.41, 5.74) is 1.03. The van der Waals surface area contributed by atoms with E-state index in [0.29, 0.717) is 22.7 Å². The Bertz CT molecular complexity index is 1290. The Kier molecular flexibility index (Phi) is 6.41. The molecule has 1 amide bonds. The van der Waals surface area contributed by atoms with Crippen molar-refractivity contribution in [3.8, 4) is 0 Å². The minimum Gasteiger partial charge on any atom is -0.333 e. The molecule has 0 aliphatic carbocycles. The van der Waals surface area contributed by atoms with E-state index in [1.807, 2.05) is 13.8 Å². The molecule has 10 nitrogen and oxygen atoms in total. The summed E-state index contributed by atoms with van der Waals surface area (Å²) in [6, 6.07) is 12.5. The molecule has 0 bridgehead atoms. The van der Waals surface area contributed by atoms with Gasteiger partial charge in [-0.3, -0.25) is 14.9 Å². The predicted molar refractivity (Wildman–Crippen MR) is 124 cm³/mol. The number of nitrogens with zero attached hydrogens (tertiary/aromatic N) is 4. The lowest BCUT2D eigenvalue weighted by atomic mass is 10.1. The quantitative estimate of drug-likeness (QED) is 0.307. The van der Waals surface area contributed by atoms with Gasteiger partial charge in [-0.15, -0.1) is 0 Å². The fourth-order valence-corrected chi connectivity index (χ4v) is 6.46. The third-order valence-corrected chi connectivity index (χ3v) is 8.17. The van der Waals surface area contributed by atoms with E-state index in [1.54, 1.807) is 41.3 Å². The van der Waals surface area contributed by atoms with Crippen molar-refractivity contribution in [3.63, 3.8) is 0 Å². The number of thioether (sulfide) groups is 1. The summed E-state index contributed by atoms with van der Waals surface area (Å²) in [5, 5.41) is 11.4. The Morgan fingerprint density at radius 2 is 1.97 bits per heavy atom. The van der Waals surface area contributed by atoms with Crippen LogP contribution in [0.5, 0.6) is 0 Å². The lowest BCUT2D eigenvalue weighted by Crippen LogP contribution is -2.48. The standard InChI is InChI=1S/C21H23N5O5S2/c1-14(2)20-24(10-11-25(20)33(30,31)16-6-4-3-5-7-16)19(27)13-32-21-22-17-9-8-15(26(28)29)12-18(17)23-21/h3-9,12,14,20H,10-11,13H2,1-2H3,(H,22,23). The monoisotopic (exact) mass is 489 g/mol. The molecule has 1 N–H and O–H groups in total. The van der Waals surface area contributed by atoms with Crippen molar-refractivity contribution < 1.29 is 18.1 Å². The highest BCUT2D eigenvalue weighted by atomic mass is 32.2. The molecule has 1 atom stereocenters. The maximum absolute atomic E-state index is 13.2.